The second-order valence-electron chi connectivity index (χ2n) is 5.60. The van der Waals surface area contributed by atoms with Gasteiger partial charge < -0.3 is 0 Å². The van der Waals surface area contributed by atoms with Gasteiger partial charge in [-0.1, -0.05) is 34.6 Å². The van der Waals surface area contributed by atoms with Crippen molar-refractivity contribution in [2.45, 2.75) is 66.5 Å². The maximum absolute atomic E-state index is 11.7. The molecule has 0 aromatic carbocycles. The standard InChI is InChI=1S/C14H31N3O/c1-7-13(8-2)17(9-10(3)4)12(6)11(5)14(18)16-15/h10-13H,7-9,15H2,1-6H3,(H,16,18). The van der Waals surface area contributed by atoms with Gasteiger partial charge in [0.1, 0.15) is 0 Å². The first kappa shape index (κ1) is 17.4. The van der Waals surface area contributed by atoms with Gasteiger partial charge in [-0.25, -0.2) is 5.84 Å². The van der Waals surface area contributed by atoms with Crippen LogP contribution in [0.3, 0.4) is 0 Å². The Balaban J connectivity index is 4.87. The summed E-state index contributed by atoms with van der Waals surface area (Å²) in [5, 5.41) is 0. The van der Waals surface area contributed by atoms with Crippen LogP contribution in [0.5, 0.6) is 0 Å². The van der Waals surface area contributed by atoms with E-state index >= 15 is 0 Å². The van der Waals surface area contributed by atoms with Crippen LogP contribution in [-0.4, -0.2) is 29.4 Å². The fourth-order valence-corrected chi connectivity index (χ4v) is 2.46. The quantitative estimate of drug-likeness (QED) is 0.398. The molecule has 4 heteroatoms. The van der Waals surface area contributed by atoms with Crippen molar-refractivity contribution in [2.24, 2.45) is 17.7 Å². The lowest BCUT2D eigenvalue weighted by molar-refractivity contribution is -0.127. The summed E-state index contributed by atoms with van der Waals surface area (Å²) >= 11 is 0. The zero-order valence-corrected chi connectivity index (χ0v) is 12.9. The molecule has 0 saturated carbocycles. The van der Waals surface area contributed by atoms with Gasteiger partial charge in [0.25, 0.3) is 0 Å². The number of hydrogen-bond acceptors (Lipinski definition) is 3. The Morgan fingerprint density at radius 2 is 1.67 bits per heavy atom. The third-order valence-corrected chi connectivity index (χ3v) is 3.79. The Morgan fingerprint density at radius 3 is 2.00 bits per heavy atom. The molecule has 2 unspecified atom stereocenters. The van der Waals surface area contributed by atoms with E-state index in [9.17, 15) is 4.79 Å². The van der Waals surface area contributed by atoms with Gasteiger partial charge in [0.15, 0.2) is 0 Å². The molecule has 18 heavy (non-hydrogen) atoms. The summed E-state index contributed by atoms with van der Waals surface area (Å²) < 4.78 is 0. The summed E-state index contributed by atoms with van der Waals surface area (Å²) in [6.45, 7) is 14.0. The molecule has 0 aliphatic heterocycles. The molecule has 0 heterocycles. The molecule has 0 fully saturated rings. The minimum Gasteiger partial charge on any atom is -0.297 e. The number of hydrazine groups is 1. The molecule has 2 atom stereocenters. The molecule has 0 aromatic rings. The van der Waals surface area contributed by atoms with Crippen molar-refractivity contribution >= 4 is 5.91 Å². The van der Waals surface area contributed by atoms with E-state index in [0.717, 1.165) is 19.4 Å². The van der Waals surface area contributed by atoms with Crippen LogP contribution in [0.4, 0.5) is 0 Å². The van der Waals surface area contributed by atoms with Crippen molar-refractivity contribution in [1.82, 2.24) is 10.3 Å². The van der Waals surface area contributed by atoms with Gasteiger partial charge >= 0.3 is 0 Å². The number of rotatable bonds is 8. The number of carbonyl (C=O) groups is 1. The second kappa shape index (κ2) is 8.48. The van der Waals surface area contributed by atoms with Crippen molar-refractivity contribution in [2.75, 3.05) is 6.54 Å². The van der Waals surface area contributed by atoms with E-state index < -0.39 is 0 Å². The van der Waals surface area contributed by atoms with Crippen LogP contribution in [0.15, 0.2) is 0 Å². The number of nitrogens with zero attached hydrogens (tertiary/aromatic N) is 1. The summed E-state index contributed by atoms with van der Waals surface area (Å²) in [6, 6.07) is 0.747. The first-order chi connectivity index (χ1) is 8.38. The summed E-state index contributed by atoms with van der Waals surface area (Å²) in [5.74, 6) is 5.66. The highest BCUT2D eigenvalue weighted by Gasteiger charge is 2.29. The van der Waals surface area contributed by atoms with Gasteiger partial charge in [0.2, 0.25) is 5.91 Å². The molecule has 3 N–H and O–H groups in total. The highest BCUT2D eigenvalue weighted by Crippen LogP contribution is 2.20. The predicted molar refractivity (Wildman–Crippen MR) is 76.9 cm³/mol. The van der Waals surface area contributed by atoms with Crippen LogP contribution in [0, 0.1) is 11.8 Å². The summed E-state index contributed by atoms with van der Waals surface area (Å²) in [6.07, 6.45) is 2.23. The van der Waals surface area contributed by atoms with Crippen LogP contribution in [0.25, 0.3) is 0 Å². The molecular weight excluding hydrogens is 226 g/mol. The van der Waals surface area contributed by atoms with Gasteiger partial charge in [-0.3, -0.25) is 15.1 Å². The maximum atomic E-state index is 11.7. The van der Waals surface area contributed by atoms with Crippen molar-refractivity contribution in [1.29, 1.82) is 0 Å². The Hall–Kier alpha value is -0.610. The first-order valence-corrected chi connectivity index (χ1v) is 7.15. The van der Waals surface area contributed by atoms with Gasteiger partial charge in [-0.15, -0.1) is 0 Å². The highest BCUT2D eigenvalue weighted by atomic mass is 16.2. The van der Waals surface area contributed by atoms with Crippen LogP contribution in [0.2, 0.25) is 0 Å². The first-order valence-electron chi connectivity index (χ1n) is 7.15. The molecule has 0 rings (SSSR count). The fraction of sp³-hybridized carbons (Fsp3) is 0.929. The molecule has 0 aliphatic carbocycles. The van der Waals surface area contributed by atoms with Crippen molar-refractivity contribution in [3.63, 3.8) is 0 Å². The number of nitrogens with two attached hydrogens (primary N) is 1. The van der Waals surface area contributed by atoms with Gasteiger partial charge in [0, 0.05) is 18.6 Å². The number of hydrogen-bond donors (Lipinski definition) is 2. The van der Waals surface area contributed by atoms with Crippen molar-refractivity contribution in [3.8, 4) is 0 Å². The zero-order valence-electron chi connectivity index (χ0n) is 12.9. The number of carbonyl (C=O) groups excluding carboxylic acids is 1. The van der Waals surface area contributed by atoms with E-state index in [1.807, 2.05) is 6.92 Å². The number of nitrogens with one attached hydrogen (secondary N) is 1. The Bertz CT molecular complexity index is 239. The monoisotopic (exact) mass is 257 g/mol. The van der Waals surface area contributed by atoms with Gasteiger partial charge in [0.05, 0.1) is 5.92 Å². The van der Waals surface area contributed by atoms with Crippen LogP contribution in [-0.2, 0) is 4.79 Å². The minimum atomic E-state index is -0.0886. The second-order valence-corrected chi connectivity index (χ2v) is 5.60. The largest absolute Gasteiger partial charge is 0.297 e. The average molecular weight is 257 g/mol. The van der Waals surface area contributed by atoms with Gasteiger partial charge in [-0.05, 0) is 25.7 Å². The zero-order chi connectivity index (χ0) is 14.3. The maximum Gasteiger partial charge on any atom is 0.238 e. The molecule has 1 amide bonds. The molecular formula is C14H31N3O. The molecule has 0 aromatic heterocycles. The van der Waals surface area contributed by atoms with E-state index in [2.05, 4.69) is 44.9 Å². The van der Waals surface area contributed by atoms with Gasteiger partial charge in [-0.2, -0.15) is 0 Å². The molecule has 0 saturated heterocycles. The lowest BCUT2D eigenvalue weighted by Crippen LogP contribution is -2.50. The Labute approximate surface area is 112 Å². The molecule has 0 bridgehead atoms. The molecule has 0 radical (unpaired) electrons. The van der Waals surface area contributed by atoms with Crippen LogP contribution >= 0.6 is 0 Å². The van der Waals surface area contributed by atoms with Crippen molar-refractivity contribution < 1.29 is 4.79 Å². The fourth-order valence-electron chi connectivity index (χ4n) is 2.46. The lowest BCUT2D eigenvalue weighted by atomic mass is 9.96. The van der Waals surface area contributed by atoms with E-state index in [1.54, 1.807) is 0 Å². The third-order valence-electron chi connectivity index (χ3n) is 3.79. The smallest absolute Gasteiger partial charge is 0.238 e. The molecule has 4 nitrogen and oxygen atoms in total. The SMILES string of the molecule is CCC(CC)N(CC(C)C)C(C)C(C)C(=O)NN. The molecule has 108 valence electrons. The summed E-state index contributed by atoms with van der Waals surface area (Å²) in [4.78, 5) is 14.1. The highest BCUT2D eigenvalue weighted by molar-refractivity contribution is 5.78. The van der Waals surface area contributed by atoms with E-state index in [4.69, 9.17) is 5.84 Å². The van der Waals surface area contributed by atoms with E-state index in [-0.39, 0.29) is 17.9 Å². The summed E-state index contributed by atoms with van der Waals surface area (Å²) in [7, 11) is 0. The third kappa shape index (κ3) is 4.94. The van der Waals surface area contributed by atoms with Crippen molar-refractivity contribution in [3.05, 3.63) is 0 Å². The number of amides is 1. The Morgan fingerprint density at radius 1 is 1.17 bits per heavy atom. The molecule has 0 spiro atoms. The van der Waals surface area contributed by atoms with Crippen LogP contribution < -0.4 is 11.3 Å². The molecule has 0 aliphatic rings. The Kier molecular flexibility index (Phi) is 8.20. The topological polar surface area (TPSA) is 58.4 Å². The average Bonchev–Trinajstić information content (AvgIpc) is 2.35. The lowest BCUT2D eigenvalue weighted by Gasteiger charge is -2.39. The summed E-state index contributed by atoms with van der Waals surface area (Å²) in [5.41, 5.74) is 2.26. The van der Waals surface area contributed by atoms with E-state index in [1.165, 1.54) is 0 Å². The van der Waals surface area contributed by atoms with Crippen LogP contribution in [0.1, 0.15) is 54.4 Å². The predicted octanol–water partition coefficient (Wildman–Crippen LogP) is 2.15. The normalized spacial score (nSPS) is 15.2. The van der Waals surface area contributed by atoms with E-state index in [0.29, 0.717) is 12.0 Å². The minimum absolute atomic E-state index is 0.0813.